The van der Waals surface area contributed by atoms with E-state index < -0.39 is 0 Å². The molecule has 0 amide bonds. The minimum atomic E-state index is 0.539. The Labute approximate surface area is 131 Å². The second-order valence-corrected chi connectivity index (χ2v) is 5.81. The van der Waals surface area contributed by atoms with Crippen LogP contribution in [0.1, 0.15) is 0 Å². The first-order valence-electron chi connectivity index (χ1n) is 6.89. The fourth-order valence-corrected chi connectivity index (χ4v) is 2.79. The maximum Gasteiger partial charge on any atom is 0.258 e. The Kier molecular flexibility index (Phi) is 3.20. The number of benzene rings is 2. The third kappa shape index (κ3) is 2.29. The van der Waals surface area contributed by atoms with Gasteiger partial charge in [0.05, 0.1) is 0 Å². The van der Waals surface area contributed by atoms with E-state index in [1.807, 2.05) is 36.5 Å². The molecule has 0 atom stereocenters. The van der Waals surface area contributed by atoms with Crippen LogP contribution in [0.25, 0.3) is 33.7 Å². The van der Waals surface area contributed by atoms with Gasteiger partial charge in [-0.2, -0.15) is 4.98 Å². The fourth-order valence-electron chi connectivity index (χ4n) is 2.38. The van der Waals surface area contributed by atoms with Crippen LogP contribution < -0.4 is 0 Å². The van der Waals surface area contributed by atoms with Gasteiger partial charge in [-0.15, -0.1) is 11.8 Å². The van der Waals surface area contributed by atoms with Crippen LogP contribution in [0, 0.1) is 0 Å². The Balaban J connectivity index is 1.70. The number of thioether (sulfide) groups is 1. The highest BCUT2D eigenvalue weighted by atomic mass is 32.2. The Morgan fingerprint density at radius 3 is 2.64 bits per heavy atom. The summed E-state index contributed by atoms with van der Waals surface area (Å²) in [7, 11) is 0. The summed E-state index contributed by atoms with van der Waals surface area (Å²) in [5.74, 6) is 1.14. The Bertz CT molecular complexity index is 924. The highest BCUT2D eigenvalue weighted by Crippen LogP contribution is 2.26. The number of hydrogen-bond donors (Lipinski definition) is 1. The van der Waals surface area contributed by atoms with Crippen molar-refractivity contribution in [2.24, 2.45) is 0 Å². The van der Waals surface area contributed by atoms with Crippen molar-refractivity contribution in [3.63, 3.8) is 0 Å². The van der Waals surface area contributed by atoms with Crippen LogP contribution in [0.3, 0.4) is 0 Å². The predicted molar refractivity (Wildman–Crippen MR) is 88.8 cm³/mol. The quantitative estimate of drug-likeness (QED) is 0.562. The standard InChI is InChI=1S/C17H13N3OS/c1-22-14-5-2-11(3-6-14)17-19-16(20-21-17)13-4-7-15-12(10-13)8-9-18-15/h2-10,18H,1H3. The molecule has 0 fully saturated rings. The monoisotopic (exact) mass is 307 g/mol. The first kappa shape index (κ1) is 13.2. The van der Waals surface area contributed by atoms with E-state index in [0.29, 0.717) is 11.7 Å². The summed E-state index contributed by atoms with van der Waals surface area (Å²) in [5, 5.41) is 5.23. The molecule has 22 heavy (non-hydrogen) atoms. The van der Waals surface area contributed by atoms with E-state index >= 15 is 0 Å². The minimum Gasteiger partial charge on any atom is -0.361 e. The number of hydrogen-bond acceptors (Lipinski definition) is 4. The van der Waals surface area contributed by atoms with Crippen molar-refractivity contribution >= 4 is 22.7 Å². The molecule has 108 valence electrons. The van der Waals surface area contributed by atoms with E-state index in [1.54, 1.807) is 11.8 Å². The van der Waals surface area contributed by atoms with Gasteiger partial charge in [0.1, 0.15) is 0 Å². The largest absolute Gasteiger partial charge is 0.361 e. The molecule has 0 aliphatic carbocycles. The van der Waals surface area contributed by atoms with Crippen molar-refractivity contribution in [3.05, 3.63) is 54.7 Å². The van der Waals surface area contributed by atoms with Gasteiger partial charge < -0.3 is 9.51 Å². The molecule has 4 rings (SSSR count). The zero-order valence-corrected chi connectivity index (χ0v) is 12.7. The van der Waals surface area contributed by atoms with Gasteiger partial charge in [-0.05, 0) is 54.8 Å². The first-order chi connectivity index (χ1) is 10.8. The summed E-state index contributed by atoms with van der Waals surface area (Å²) >= 11 is 1.71. The van der Waals surface area contributed by atoms with E-state index in [2.05, 4.69) is 39.6 Å². The molecule has 5 heteroatoms. The summed E-state index contributed by atoms with van der Waals surface area (Å²) < 4.78 is 5.40. The highest BCUT2D eigenvalue weighted by molar-refractivity contribution is 7.98. The van der Waals surface area contributed by atoms with E-state index in [9.17, 15) is 0 Å². The van der Waals surface area contributed by atoms with Gasteiger partial charge in [0.25, 0.3) is 5.89 Å². The molecule has 0 saturated heterocycles. The summed E-state index contributed by atoms with van der Waals surface area (Å²) in [4.78, 5) is 8.89. The van der Waals surface area contributed by atoms with Crippen LogP contribution in [0.2, 0.25) is 0 Å². The second-order valence-electron chi connectivity index (χ2n) is 4.93. The smallest absolute Gasteiger partial charge is 0.258 e. The zero-order valence-electron chi connectivity index (χ0n) is 11.9. The Morgan fingerprint density at radius 2 is 1.82 bits per heavy atom. The zero-order chi connectivity index (χ0) is 14.9. The molecular weight excluding hydrogens is 294 g/mol. The molecule has 0 aliphatic heterocycles. The van der Waals surface area contributed by atoms with Gasteiger partial charge in [0, 0.05) is 33.1 Å². The number of H-pyrrole nitrogens is 1. The van der Waals surface area contributed by atoms with Crippen molar-refractivity contribution in [1.82, 2.24) is 15.1 Å². The summed E-state index contributed by atoms with van der Waals surface area (Å²) in [6.07, 6.45) is 3.97. The van der Waals surface area contributed by atoms with Gasteiger partial charge in [-0.3, -0.25) is 0 Å². The van der Waals surface area contributed by atoms with Crippen LogP contribution in [0.4, 0.5) is 0 Å². The predicted octanol–water partition coefficient (Wildman–Crippen LogP) is 4.61. The molecule has 0 saturated carbocycles. The van der Waals surface area contributed by atoms with Crippen molar-refractivity contribution in [1.29, 1.82) is 0 Å². The number of nitrogens with one attached hydrogen (secondary N) is 1. The maximum absolute atomic E-state index is 5.40. The number of aromatic nitrogens is 3. The van der Waals surface area contributed by atoms with Crippen molar-refractivity contribution < 1.29 is 4.52 Å². The molecule has 0 bridgehead atoms. The molecule has 2 aromatic heterocycles. The number of aromatic amines is 1. The number of fused-ring (bicyclic) bond motifs is 1. The lowest BCUT2D eigenvalue weighted by molar-refractivity contribution is 0.432. The average molecular weight is 307 g/mol. The number of rotatable bonds is 3. The normalized spacial score (nSPS) is 11.1. The van der Waals surface area contributed by atoms with Gasteiger partial charge in [0.15, 0.2) is 0 Å². The topological polar surface area (TPSA) is 54.7 Å². The first-order valence-corrected chi connectivity index (χ1v) is 8.11. The van der Waals surface area contributed by atoms with Crippen molar-refractivity contribution in [3.8, 4) is 22.8 Å². The highest BCUT2D eigenvalue weighted by Gasteiger charge is 2.11. The fraction of sp³-hybridized carbons (Fsp3) is 0.0588. The lowest BCUT2D eigenvalue weighted by atomic mass is 10.1. The number of nitrogens with zero attached hydrogens (tertiary/aromatic N) is 2. The molecule has 0 aliphatic rings. The molecule has 2 aromatic carbocycles. The van der Waals surface area contributed by atoms with E-state index in [4.69, 9.17) is 4.52 Å². The molecule has 4 nitrogen and oxygen atoms in total. The molecule has 2 heterocycles. The van der Waals surface area contributed by atoms with Gasteiger partial charge >= 0.3 is 0 Å². The third-order valence-electron chi connectivity index (χ3n) is 3.57. The van der Waals surface area contributed by atoms with Gasteiger partial charge in [-0.1, -0.05) is 5.16 Å². The maximum atomic E-state index is 5.40. The molecule has 0 unspecified atom stereocenters. The van der Waals surface area contributed by atoms with Crippen molar-refractivity contribution in [2.45, 2.75) is 4.90 Å². The Morgan fingerprint density at radius 1 is 1.00 bits per heavy atom. The minimum absolute atomic E-state index is 0.539. The van der Waals surface area contributed by atoms with Crippen LogP contribution in [-0.4, -0.2) is 21.4 Å². The van der Waals surface area contributed by atoms with Crippen molar-refractivity contribution in [2.75, 3.05) is 6.26 Å². The third-order valence-corrected chi connectivity index (χ3v) is 4.32. The van der Waals surface area contributed by atoms with Gasteiger partial charge in [0.2, 0.25) is 5.82 Å². The SMILES string of the molecule is CSc1ccc(-c2nc(-c3ccc4[nH]ccc4c3)no2)cc1. The average Bonchev–Trinajstić information content (AvgIpc) is 3.23. The lowest BCUT2D eigenvalue weighted by Gasteiger charge is -1.97. The summed E-state index contributed by atoms with van der Waals surface area (Å²) in [5.41, 5.74) is 2.97. The molecule has 4 aromatic rings. The Hall–Kier alpha value is -2.53. The molecule has 0 spiro atoms. The molecular formula is C17H13N3OS. The summed E-state index contributed by atoms with van der Waals surface area (Å²) in [6, 6.07) is 16.2. The molecule has 0 radical (unpaired) electrons. The van der Waals surface area contributed by atoms with Crippen LogP contribution >= 0.6 is 11.8 Å². The van der Waals surface area contributed by atoms with Crippen LogP contribution in [-0.2, 0) is 0 Å². The van der Waals surface area contributed by atoms with E-state index in [0.717, 1.165) is 22.0 Å². The van der Waals surface area contributed by atoms with E-state index in [1.165, 1.54) is 4.90 Å². The lowest BCUT2D eigenvalue weighted by Crippen LogP contribution is -1.81. The second kappa shape index (κ2) is 5.35. The van der Waals surface area contributed by atoms with Gasteiger partial charge in [-0.25, -0.2) is 0 Å². The van der Waals surface area contributed by atoms with Crippen LogP contribution in [0.15, 0.2) is 64.1 Å². The molecule has 1 N–H and O–H groups in total. The van der Waals surface area contributed by atoms with E-state index in [-0.39, 0.29) is 0 Å². The van der Waals surface area contributed by atoms with Crippen LogP contribution in [0.5, 0.6) is 0 Å². The summed E-state index contributed by atoms with van der Waals surface area (Å²) in [6.45, 7) is 0.